The van der Waals surface area contributed by atoms with Gasteiger partial charge >= 0.3 is 6.09 Å². The number of aromatic nitrogens is 2. The fraction of sp³-hybridized carbons (Fsp3) is 0.600. The highest BCUT2D eigenvalue weighted by Gasteiger charge is 2.27. The number of ether oxygens (including phenoxy) is 1. The fourth-order valence-corrected chi connectivity index (χ4v) is 2.49. The minimum atomic E-state index is -0.510. The monoisotopic (exact) mass is 337 g/mol. The molecule has 0 radical (unpaired) electrons. The van der Waals surface area contributed by atoms with Gasteiger partial charge in [-0.15, -0.1) is 0 Å². The second-order valence-electron chi connectivity index (χ2n) is 6.42. The van der Waals surface area contributed by atoms with Crippen LogP contribution in [0.3, 0.4) is 0 Å². The molecule has 1 atom stereocenters. The first kappa shape index (κ1) is 17.3. The first-order chi connectivity index (χ1) is 10.8. The van der Waals surface area contributed by atoms with Gasteiger partial charge in [-0.25, -0.2) is 14.8 Å². The Morgan fingerprint density at radius 2 is 2.30 bits per heavy atom. The molecule has 8 heteroatoms. The number of likely N-dealkylation sites (tertiary alicyclic amines) is 1. The molecular formula is C15H20ClN5O2. The van der Waals surface area contributed by atoms with Crippen molar-refractivity contribution >= 4 is 23.5 Å². The summed E-state index contributed by atoms with van der Waals surface area (Å²) >= 11 is 5.88. The van der Waals surface area contributed by atoms with Crippen molar-refractivity contribution in [2.24, 2.45) is 0 Å². The number of nitrogens with zero attached hydrogens (tertiary/aromatic N) is 4. The molecular weight excluding hydrogens is 318 g/mol. The van der Waals surface area contributed by atoms with E-state index in [9.17, 15) is 4.79 Å². The van der Waals surface area contributed by atoms with Crippen molar-refractivity contribution in [3.63, 3.8) is 0 Å². The average molecular weight is 338 g/mol. The van der Waals surface area contributed by atoms with Gasteiger partial charge in [0.1, 0.15) is 17.5 Å². The van der Waals surface area contributed by atoms with Crippen LogP contribution in [-0.4, -0.2) is 45.7 Å². The summed E-state index contributed by atoms with van der Waals surface area (Å²) in [5.74, 6) is 0.491. The van der Waals surface area contributed by atoms with Crippen LogP contribution in [0.15, 0.2) is 6.20 Å². The van der Waals surface area contributed by atoms with E-state index < -0.39 is 5.60 Å². The number of rotatable bonds is 2. The Kier molecular flexibility index (Phi) is 5.26. The fourth-order valence-electron chi connectivity index (χ4n) is 2.31. The molecule has 7 nitrogen and oxygen atoms in total. The molecule has 1 amide bonds. The number of carbonyl (C=O) groups is 1. The van der Waals surface area contributed by atoms with Crippen LogP contribution < -0.4 is 5.32 Å². The number of hydrogen-bond donors (Lipinski definition) is 1. The Hall–Kier alpha value is -2.07. The Morgan fingerprint density at radius 1 is 1.57 bits per heavy atom. The molecule has 1 fully saturated rings. The van der Waals surface area contributed by atoms with Gasteiger partial charge in [0.2, 0.25) is 0 Å². The summed E-state index contributed by atoms with van der Waals surface area (Å²) in [7, 11) is 0. The van der Waals surface area contributed by atoms with Crippen LogP contribution in [0.1, 0.15) is 39.3 Å². The van der Waals surface area contributed by atoms with Gasteiger partial charge in [0.15, 0.2) is 10.8 Å². The number of amides is 1. The highest BCUT2D eigenvalue weighted by atomic mass is 35.5. The van der Waals surface area contributed by atoms with Gasteiger partial charge in [0.25, 0.3) is 0 Å². The summed E-state index contributed by atoms with van der Waals surface area (Å²) < 4.78 is 5.40. The second kappa shape index (κ2) is 7.01. The van der Waals surface area contributed by atoms with Crippen molar-refractivity contribution in [3.8, 4) is 6.07 Å². The first-order valence-corrected chi connectivity index (χ1v) is 7.83. The first-order valence-electron chi connectivity index (χ1n) is 7.45. The van der Waals surface area contributed by atoms with Crippen LogP contribution in [-0.2, 0) is 4.74 Å². The molecule has 124 valence electrons. The summed E-state index contributed by atoms with van der Waals surface area (Å²) in [5.41, 5.74) is -0.417. The number of anilines is 1. The molecule has 0 bridgehead atoms. The van der Waals surface area contributed by atoms with Crippen LogP contribution in [0.4, 0.5) is 10.6 Å². The van der Waals surface area contributed by atoms with E-state index in [2.05, 4.69) is 15.3 Å². The van der Waals surface area contributed by atoms with E-state index >= 15 is 0 Å². The predicted octanol–water partition coefficient (Wildman–Crippen LogP) is 2.81. The SMILES string of the molecule is CC(C)(C)OC(=O)N1CCC[C@H](Nc2cnc(C#N)c(Cl)n2)C1. The lowest BCUT2D eigenvalue weighted by atomic mass is 10.1. The molecule has 0 unspecified atom stereocenters. The van der Waals surface area contributed by atoms with Crippen molar-refractivity contribution in [1.29, 1.82) is 5.26 Å². The lowest BCUT2D eigenvalue weighted by Crippen LogP contribution is -2.47. The quantitative estimate of drug-likeness (QED) is 0.892. The third kappa shape index (κ3) is 4.96. The number of piperidine rings is 1. The van der Waals surface area contributed by atoms with Crippen molar-refractivity contribution < 1.29 is 9.53 Å². The van der Waals surface area contributed by atoms with E-state index in [1.807, 2.05) is 26.8 Å². The summed E-state index contributed by atoms with van der Waals surface area (Å²) in [4.78, 5) is 21.9. The molecule has 2 rings (SSSR count). The number of hydrogen-bond acceptors (Lipinski definition) is 6. The zero-order valence-corrected chi connectivity index (χ0v) is 14.2. The van der Waals surface area contributed by atoms with E-state index in [-0.39, 0.29) is 23.0 Å². The Bertz CT molecular complexity index is 623. The Morgan fingerprint density at radius 3 is 2.91 bits per heavy atom. The third-order valence-electron chi connectivity index (χ3n) is 3.26. The van der Waals surface area contributed by atoms with E-state index in [4.69, 9.17) is 21.6 Å². The Labute approximate surface area is 140 Å². The van der Waals surface area contributed by atoms with E-state index in [0.717, 1.165) is 12.8 Å². The smallest absolute Gasteiger partial charge is 0.410 e. The molecule has 1 saturated heterocycles. The van der Waals surface area contributed by atoms with Gasteiger partial charge in [-0.1, -0.05) is 11.6 Å². The van der Waals surface area contributed by atoms with Crippen LogP contribution in [0.2, 0.25) is 5.15 Å². The average Bonchev–Trinajstić information content (AvgIpc) is 2.46. The van der Waals surface area contributed by atoms with Crippen LogP contribution >= 0.6 is 11.6 Å². The third-order valence-corrected chi connectivity index (χ3v) is 3.52. The van der Waals surface area contributed by atoms with Gasteiger partial charge in [0, 0.05) is 19.1 Å². The zero-order valence-electron chi connectivity index (χ0n) is 13.5. The van der Waals surface area contributed by atoms with Crippen molar-refractivity contribution in [2.45, 2.75) is 45.3 Å². The van der Waals surface area contributed by atoms with Crippen molar-refractivity contribution in [2.75, 3.05) is 18.4 Å². The maximum Gasteiger partial charge on any atom is 0.410 e. The van der Waals surface area contributed by atoms with Gasteiger partial charge in [-0.05, 0) is 33.6 Å². The molecule has 1 aliphatic rings. The summed E-state index contributed by atoms with van der Waals surface area (Å²) in [6.07, 6.45) is 2.93. The molecule has 2 heterocycles. The molecule has 0 spiro atoms. The van der Waals surface area contributed by atoms with Gasteiger partial charge < -0.3 is 15.0 Å². The summed E-state index contributed by atoms with van der Waals surface area (Å²) in [6, 6.07) is 1.90. The lowest BCUT2D eigenvalue weighted by Gasteiger charge is -2.34. The van der Waals surface area contributed by atoms with Crippen molar-refractivity contribution in [1.82, 2.24) is 14.9 Å². The number of halogens is 1. The largest absolute Gasteiger partial charge is 0.444 e. The molecule has 0 aromatic carbocycles. The number of nitrogens with one attached hydrogen (secondary N) is 1. The van der Waals surface area contributed by atoms with E-state index in [1.165, 1.54) is 6.20 Å². The summed E-state index contributed by atoms with van der Waals surface area (Å²) in [5, 5.41) is 12.1. The molecule has 1 aromatic rings. The minimum Gasteiger partial charge on any atom is -0.444 e. The van der Waals surface area contributed by atoms with Crippen molar-refractivity contribution in [3.05, 3.63) is 17.0 Å². The highest BCUT2D eigenvalue weighted by Crippen LogP contribution is 2.19. The topological polar surface area (TPSA) is 91.1 Å². The van der Waals surface area contributed by atoms with Crippen LogP contribution in [0, 0.1) is 11.3 Å². The molecule has 0 aliphatic carbocycles. The van der Waals surface area contributed by atoms with Crippen LogP contribution in [0.5, 0.6) is 0 Å². The normalized spacial score (nSPS) is 18.2. The lowest BCUT2D eigenvalue weighted by molar-refractivity contribution is 0.0206. The minimum absolute atomic E-state index is 0.0366. The maximum absolute atomic E-state index is 12.1. The van der Waals surface area contributed by atoms with Gasteiger partial charge in [0.05, 0.1) is 6.20 Å². The molecule has 1 aliphatic heterocycles. The molecule has 1 N–H and O–H groups in total. The van der Waals surface area contributed by atoms with Crippen LogP contribution in [0.25, 0.3) is 0 Å². The Balaban J connectivity index is 1.98. The number of carbonyl (C=O) groups excluding carboxylic acids is 1. The standard InChI is InChI=1S/C15H20ClN5O2/c1-15(2,3)23-14(22)21-6-4-5-10(9-21)19-12-8-18-11(7-17)13(16)20-12/h8,10H,4-6,9H2,1-3H3,(H,19,20)/t10-/m0/s1. The van der Waals surface area contributed by atoms with Gasteiger partial charge in [-0.2, -0.15) is 5.26 Å². The maximum atomic E-state index is 12.1. The van der Waals surface area contributed by atoms with E-state index in [1.54, 1.807) is 4.90 Å². The second-order valence-corrected chi connectivity index (χ2v) is 6.77. The van der Waals surface area contributed by atoms with E-state index in [0.29, 0.717) is 18.9 Å². The highest BCUT2D eigenvalue weighted by molar-refractivity contribution is 6.30. The molecule has 1 aromatic heterocycles. The zero-order chi connectivity index (χ0) is 17.0. The number of nitriles is 1. The summed E-state index contributed by atoms with van der Waals surface area (Å²) in [6.45, 7) is 6.73. The molecule has 0 saturated carbocycles. The van der Waals surface area contributed by atoms with Gasteiger partial charge in [-0.3, -0.25) is 0 Å². The predicted molar refractivity (Wildman–Crippen MR) is 86.2 cm³/mol. The molecule has 23 heavy (non-hydrogen) atoms.